The largest absolute Gasteiger partial charge is 0.495 e. The maximum Gasteiger partial charge on any atom is 0.272 e. The second-order valence-corrected chi connectivity index (χ2v) is 5.48. The van der Waals surface area contributed by atoms with Crippen molar-refractivity contribution in [1.82, 2.24) is 4.57 Å². The highest BCUT2D eigenvalue weighted by Crippen LogP contribution is 2.28. The Morgan fingerprint density at radius 3 is 2.85 bits per heavy atom. The summed E-state index contributed by atoms with van der Waals surface area (Å²) in [4.78, 5) is 12.3. The topological polar surface area (TPSA) is 43.3 Å². The molecule has 0 spiro atoms. The van der Waals surface area contributed by atoms with Crippen LogP contribution in [0.2, 0.25) is 5.02 Å². The summed E-state index contributed by atoms with van der Waals surface area (Å²) in [6.45, 7) is 2.62. The minimum atomic E-state index is -0.227. The fourth-order valence-corrected chi connectivity index (χ4v) is 2.47. The van der Waals surface area contributed by atoms with Crippen LogP contribution in [0.5, 0.6) is 5.75 Å². The third-order valence-corrected chi connectivity index (χ3v) is 3.55. The molecule has 1 amide bonds. The van der Waals surface area contributed by atoms with Gasteiger partial charge in [-0.2, -0.15) is 0 Å². The van der Waals surface area contributed by atoms with Crippen molar-refractivity contribution in [2.45, 2.75) is 13.5 Å². The van der Waals surface area contributed by atoms with Crippen molar-refractivity contribution in [2.75, 3.05) is 12.4 Å². The normalized spacial score (nSPS) is 10.4. The molecule has 0 atom stereocenters. The quantitative estimate of drug-likeness (QED) is 0.892. The molecule has 2 rings (SSSR count). The standard InChI is InChI=1S/C14H14BrClN2O2/c1-3-18-8-10(16)7-12(18)14(19)17-11-6-9(15)4-5-13(11)20-2/h4-8H,3H2,1-2H3,(H,17,19). The summed E-state index contributed by atoms with van der Waals surface area (Å²) >= 11 is 9.31. The maximum atomic E-state index is 12.3. The summed E-state index contributed by atoms with van der Waals surface area (Å²) in [5, 5.41) is 3.37. The molecule has 0 unspecified atom stereocenters. The molecule has 1 N–H and O–H groups in total. The Morgan fingerprint density at radius 2 is 2.20 bits per heavy atom. The van der Waals surface area contributed by atoms with Gasteiger partial charge in [0.2, 0.25) is 0 Å². The van der Waals surface area contributed by atoms with Crippen LogP contribution in [0.4, 0.5) is 5.69 Å². The van der Waals surface area contributed by atoms with Gasteiger partial charge in [0.1, 0.15) is 11.4 Å². The molecule has 0 aliphatic carbocycles. The molecule has 1 aromatic carbocycles. The van der Waals surface area contributed by atoms with E-state index in [9.17, 15) is 4.79 Å². The van der Waals surface area contributed by atoms with E-state index in [1.807, 2.05) is 13.0 Å². The monoisotopic (exact) mass is 356 g/mol. The molecule has 106 valence electrons. The number of nitrogens with zero attached hydrogens (tertiary/aromatic N) is 1. The van der Waals surface area contributed by atoms with Crippen molar-refractivity contribution in [3.05, 3.63) is 45.7 Å². The molecule has 0 saturated heterocycles. The SMILES string of the molecule is CCn1cc(Cl)cc1C(=O)Nc1cc(Br)ccc1OC. The van der Waals surface area contributed by atoms with Gasteiger partial charge in [-0.3, -0.25) is 4.79 Å². The van der Waals surface area contributed by atoms with Gasteiger partial charge in [0.05, 0.1) is 17.8 Å². The summed E-state index contributed by atoms with van der Waals surface area (Å²) in [5.41, 5.74) is 1.12. The van der Waals surface area contributed by atoms with Crippen molar-refractivity contribution >= 4 is 39.1 Å². The number of carbonyl (C=O) groups excluding carboxylic acids is 1. The number of halogens is 2. The first kappa shape index (κ1) is 14.9. The number of ether oxygens (including phenoxy) is 1. The van der Waals surface area contributed by atoms with Crippen molar-refractivity contribution in [1.29, 1.82) is 0 Å². The van der Waals surface area contributed by atoms with Crippen LogP contribution in [0.1, 0.15) is 17.4 Å². The predicted octanol–water partition coefficient (Wildman–Crippen LogP) is 4.18. The Balaban J connectivity index is 2.29. The van der Waals surface area contributed by atoms with Crippen LogP contribution in [0.25, 0.3) is 0 Å². The van der Waals surface area contributed by atoms with E-state index in [4.69, 9.17) is 16.3 Å². The zero-order chi connectivity index (χ0) is 14.7. The molecule has 1 heterocycles. The number of benzene rings is 1. The maximum absolute atomic E-state index is 12.3. The highest BCUT2D eigenvalue weighted by Gasteiger charge is 2.14. The third kappa shape index (κ3) is 3.16. The summed E-state index contributed by atoms with van der Waals surface area (Å²) in [7, 11) is 1.56. The number of anilines is 1. The van der Waals surface area contributed by atoms with E-state index in [-0.39, 0.29) is 5.91 Å². The fourth-order valence-electron chi connectivity index (χ4n) is 1.89. The van der Waals surface area contributed by atoms with Gasteiger partial charge in [-0.15, -0.1) is 0 Å². The Morgan fingerprint density at radius 1 is 1.45 bits per heavy atom. The second kappa shape index (κ2) is 6.33. The zero-order valence-corrected chi connectivity index (χ0v) is 13.5. The molecule has 4 nitrogen and oxygen atoms in total. The van der Waals surface area contributed by atoms with Crippen molar-refractivity contribution in [3.63, 3.8) is 0 Å². The smallest absolute Gasteiger partial charge is 0.272 e. The van der Waals surface area contributed by atoms with Crippen LogP contribution < -0.4 is 10.1 Å². The molecule has 0 bridgehead atoms. The highest BCUT2D eigenvalue weighted by atomic mass is 79.9. The van der Waals surface area contributed by atoms with E-state index >= 15 is 0 Å². The van der Waals surface area contributed by atoms with E-state index in [1.54, 1.807) is 36.1 Å². The molecule has 0 radical (unpaired) electrons. The van der Waals surface area contributed by atoms with Gasteiger partial charge in [0, 0.05) is 17.2 Å². The Bertz CT molecular complexity index is 640. The molecular weight excluding hydrogens is 344 g/mol. The molecule has 1 aromatic heterocycles. The fraction of sp³-hybridized carbons (Fsp3) is 0.214. The number of aromatic nitrogens is 1. The minimum Gasteiger partial charge on any atom is -0.495 e. The lowest BCUT2D eigenvalue weighted by molar-refractivity contribution is 0.101. The van der Waals surface area contributed by atoms with Crippen LogP contribution in [-0.2, 0) is 6.54 Å². The van der Waals surface area contributed by atoms with Gasteiger partial charge in [-0.25, -0.2) is 0 Å². The van der Waals surface area contributed by atoms with E-state index < -0.39 is 0 Å². The van der Waals surface area contributed by atoms with Crippen LogP contribution in [-0.4, -0.2) is 17.6 Å². The lowest BCUT2D eigenvalue weighted by atomic mass is 10.2. The zero-order valence-electron chi connectivity index (χ0n) is 11.1. The number of carbonyl (C=O) groups is 1. The molecule has 0 fully saturated rings. The van der Waals surface area contributed by atoms with Gasteiger partial charge in [-0.1, -0.05) is 27.5 Å². The second-order valence-electron chi connectivity index (χ2n) is 4.13. The van der Waals surface area contributed by atoms with Gasteiger partial charge in [0.25, 0.3) is 5.91 Å². The summed E-state index contributed by atoms with van der Waals surface area (Å²) in [5.74, 6) is 0.373. The predicted molar refractivity (Wildman–Crippen MR) is 83.8 cm³/mol. The number of hydrogen-bond donors (Lipinski definition) is 1. The number of nitrogens with one attached hydrogen (secondary N) is 1. The summed E-state index contributed by atoms with van der Waals surface area (Å²) in [6.07, 6.45) is 1.73. The van der Waals surface area contributed by atoms with Gasteiger partial charge in [0.15, 0.2) is 0 Å². The van der Waals surface area contributed by atoms with E-state index in [0.29, 0.717) is 28.7 Å². The number of aryl methyl sites for hydroxylation is 1. The molecule has 2 aromatic rings. The molecule has 0 aliphatic heterocycles. The van der Waals surface area contributed by atoms with Gasteiger partial charge < -0.3 is 14.6 Å². The molecule has 0 saturated carbocycles. The first-order chi connectivity index (χ1) is 9.55. The average Bonchev–Trinajstić information content (AvgIpc) is 2.80. The third-order valence-electron chi connectivity index (χ3n) is 2.85. The Kier molecular flexibility index (Phi) is 4.73. The lowest BCUT2D eigenvalue weighted by Crippen LogP contribution is -2.16. The number of methoxy groups -OCH3 is 1. The number of hydrogen-bond acceptors (Lipinski definition) is 2. The molecule has 6 heteroatoms. The van der Waals surface area contributed by atoms with E-state index in [0.717, 1.165) is 4.47 Å². The van der Waals surface area contributed by atoms with Crippen molar-refractivity contribution in [3.8, 4) is 5.75 Å². The van der Waals surface area contributed by atoms with Crippen LogP contribution in [0.3, 0.4) is 0 Å². The Hall–Kier alpha value is -1.46. The summed E-state index contributed by atoms with van der Waals surface area (Å²) in [6, 6.07) is 7.06. The molecule has 20 heavy (non-hydrogen) atoms. The van der Waals surface area contributed by atoms with Gasteiger partial charge in [-0.05, 0) is 31.2 Å². The van der Waals surface area contributed by atoms with Crippen LogP contribution in [0.15, 0.2) is 34.9 Å². The summed E-state index contributed by atoms with van der Waals surface area (Å²) < 4.78 is 7.88. The number of amides is 1. The van der Waals surface area contributed by atoms with Gasteiger partial charge >= 0.3 is 0 Å². The first-order valence-electron chi connectivity index (χ1n) is 6.05. The highest BCUT2D eigenvalue weighted by molar-refractivity contribution is 9.10. The van der Waals surface area contributed by atoms with Crippen LogP contribution in [0, 0.1) is 0 Å². The molecular formula is C14H14BrClN2O2. The first-order valence-corrected chi connectivity index (χ1v) is 7.22. The average molecular weight is 358 g/mol. The lowest BCUT2D eigenvalue weighted by Gasteiger charge is -2.11. The van der Waals surface area contributed by atoms with E-state index in [1.165, 1.54) is 0 Å². The minimum absolute atomic E-state index is 0.227. The number of rotatable bonds is 4. The van der Waals surface area contributed by atoms with Crippen molar-refractivity contribution in [2.24, 2.45) is 0 Å². The Labute approximate surface area is 130 Å². The molecule has 0 aliphatic rings. The van der Waals surface area contributed by atoms with E-state index in [2.05, 4.69) is 21.2 Å². The van der Waals surface area contributed by atoms with Crippen molar-refractivity contribution < 1.29 is 9.53 Å². The van der Waals surface area contributed by atoms with Crippen LogP contribution >= 0.6 is 27.5 Å².